The Bertz CT molecular complexity index is 1370. The van der Waals surface area contributed by atoms with E-state index in [0.29, 0.717) is 17.1 Å². The molecule has 8 nitrogen and oxygen atoms in total. The molecule has 1 fully saturated rings. The van der Waals surface area contributed by atoms with Crippen LogP contribution in [0.4, 0.5) is 17.1 Å². The number of rotatable bonds is 7. The van der Waals surface area contributed by atoms with Gasteiger partial charge in [0.25, 0.3) is 10.0 Å². The number of amides is 3. The normalized spacial score (nSPS) is 15.8. The maximum Gasteiger partial charge on any atom is 0.261 e. The van der Waals surface area contributed by atoms with Crippen LogP contribution in [0.1, 0.15) is 18.9 Å². The van der Waals surface area contributed by atoms with E-state index in [4.69, 9.17) is 0 Å². The fourth-order valence-electron chi connectivity index (χ4n) is 3.56. The molecule has 1 unspecified atom stereocenters. The number of aryl methyl sites for hydroxylation is 1. The lowest BCUT2D eigenvalue weighted by atomic mass is 10.2. The third kappa shape index (κ3) is 5.72. The third-order valence-corrected chi connectivity index (χ3v) is 7.86. The molecular weight excluding hydrogens is 486 g/mol. The van der Waals surface area contributed by atoms with Gasteiger partial charge in [0.15, 0.2) is 0 Å². The van der Waals surface area contributed by atoms with E-state index in [1.54, 1.807) is 72.8 Å². The zero-order valence-corrected chi connectivity index (χ0v) is 20.7. The van der Waals surface area contributed by atoms with Crippen molar-refractivity contribution >= 4 is 56.6 Å². The summed E-state index contributed by atoms with van der Waals surface area (Å²) in [5, 5.41) is 2.05. The summed E-state index contributed by atoms with van der Waals surface area (Å²) < 4.78 is 27.7. The molecule has 0 aliphatic carbocycles. The molecule has 0 bridgehead atoms. The number of nitrogens with one attached hydrogen (secondary N) is 2. The van der Waals surface area contributed by atoms with Crippen LogP contribution in [0.3, 0.4) is 0 Å². The summed E-state index contributed by atoms with van der Waals surface area (Å²) in [6.07, 6.45) is 0.0543. The second-order valence-electron chi connectivity index (χ2n) is 8.05. The minimum atomic E-state index is -3.71. The first-order chi connectivity index (χ1) is 16.6. The first kappa shape index (κ1) is 24.5. The van der Waals surface area contributed by atoms with Crippen molar-refractivity contribution in [3.8, 4) is 0 Å². The summed E-state index contributed by atoms with van der Waals surface area (Å²) in [6.45, 7) is 3.28. The predicted molar refractivity (Wildman–Crippen MR) is 136 cm³/mol. The summed E-state index contributed by atoms with van der Waals surface area (Å²) >= 11 is 1.25. The van der Waals surface area contributed by atoms with Crippen LogP contribution in [0.25, 0.3) is 0 Å². The lowest BCUT2D eigenvalue weighted by molar-refractivity contribution is -0.121. The number of nitrogens with zero attached hydrogens (tertiary/aromatic N) is 1. The van der Waals surface area contributed by atoms with Crippen LogP contribution in [0.2, 0.25) is 0 Å². The molecule has 1 atom stereocenters. The summed E-state index contributed by atoms with van der Waals surface area (Å²) in [5.41, 5.74) is 2.37. The third-order valence-electron chi connectivity index (χ3n) is 5.27. The molecule has 180 valence electrons. The van der Waals surface area contributed by atoms with Gasteiger partial charge in [-0.2, -0.15) is 0 Å². The summed E-state index contributed by atoms with van der Waals surface area (Å²) in [5.74, 6) is -0.838. The van der Waals surface area contributed by atoms with Crippen molar-refractivity contribution in [3.63, 3.8) is 0 Å². The first-order valence-electron chi connectivity index (χ1n) is 10.7. The lowest BCUT2D eigenvalue weighted by Gasteiger charge is -2.15. The number of anilines is 3. The molecule has 35 heavy (non-hydrogen) atoms. The fourth-order valence-corrected chi connectivity index (χ4v) is 5.67. The van der Waals surface area contributed by atoms with Gasteiger partial charge in [-0.25, -0.2) is 13.3 Å². The minimum absolute atomic E-state index is 0.0543. The summed E-state index contributed by atoms with van der Waals surface area (Å²) in [6, 6.07) is 19.7. The minimum Gasteiger partial charge on any atom is -0.326 e. The van der Waals surface area contributed by atoms with Gasteiger partial charge in [0.1, 0.15) is 0 Å². The van der Waals surface area contributed by atoms with E-state index < -0.39 is 15.3 Å². The number of carbonyl (C=O) groups is 3. The lowest BCUT2D eigenvalue weighted by Crippen LogP contribution is -2.31. The van der Waals surface area contributed by atoms with Gasteiger partial charge in [0.05, 0.1) is 15.8 Å². The SMILES string of the molecule is CC(=O)Nc1ccc(N2C(=O)CC(Sc3ccc(NS(=O)(=O)c4ccc(C)cc4)cc3)C2=O)cc1. The molecule has 2 N–H and O–H groups in total. The van der Waals surface area contributed by atoms with Gasteiger partial charge in [0.2, 0.25) is 17.7 Å². The van der Waals surface area contributed by atoms with Gasteiger partial charge in [-0.3, -0.25) is 19.1 Å². The monoisotopic (exact) mass is 509 g/mol. The zero-order chi connectivity index (χ0) is 25.2. The molecule has 0 aromatic heterocycles. The highest BCUT2D eigenvalue weighted by Gasteiger charge is 2.40. The highest BCUT2D eigenvalue weighted by atomic mass is 32.2. The number of benzene rings is 3. The number of hydrogen-bond acceptors (Lipinski definition) is 6. The number of hydrogen-bond donors (Lipinski definition) is 2. The molecule has 3 amide bonds. The second kappa shape index (κ2) is 9.93. The van der Waals surface area contributed by atoms with E-state index in [2.05, 4.69) is 10.0 Å². The van der Waals surface area contributed by atoms with E-state index in [1.807, 2.05) is 6.92 Å². The van der Waals surface area contributed by atoms with Crippen molar-refractivity contribution in [1.82, 2.24) is 0 Å². The average molecular weight is 510 g/mol. The Labute approximate surface area is 207 Å². The fraction of sp³-hybridized carbons (Fsp3) is 0.160. The topological polar surface area (TPSA) is 113 Å². The van der Waals surface area contributed by atoms with Gasteiger partial charge < -0.3 is 5.32 Å². The molecule has 3 aromatic rings. The van der Waals surface area contributed by atoms with E-state index in [-0.39, 0.29) is 29.0 Å². The van der Waals surface area contributed by atoms with Crippen molar-refractivity contribution in [2.24, 2.45) is 0 Å². The molecule has 10 heteroatoms. The number of sulfonamides is 1. The van der Waals surface area contributed by atoms with Crippen molar-refractivity contribution in [2.75, 3.05) is 14.9 Å². The molecular formula is C25H23N3O5S2. The maximum absolute atomic E-state index is 12.9. The number of imide groups is 1. The second-order valence-corrected chi connectivity index (χ2v) is 11.0. The standard InChI is InChI=1S/C25H23N3O5S2/c1-16-3-13-22(14-4-16)35(32,33)27-19-7-11-21(12-8-19)34-23-15-24(30)28(25(23)31)20-9-5-18(6-10-20)26-17(2)29/h3-14,23,27H,15H2,1-2H3,(H,26,29). The molecule has 0 radical (unpaired) electrons. The molecule has 4 rings (SSSR count). The van der Waals surface area contributed by atoms with Crippen LogP contribution < -0.4 is 14.9 Å². The van der Waals surface area contributed by atoms with E-state index in [0.717, 1.165) is 15.4 Å². The molecule has 0 saturated carbocycles. The Morgan fingerprint density at radius 1 is 0.914 bits per heavy atom. The van der Waals surface area contributed by atoms with Crippen LogP contribution in [0.5, 0.6) is 0 Å². The Balaban J connectivity index is 1.41. The van der Waals surface area contributed by atoms with Crippen LogP contribution in [0.15, 0.2) is 82.6 Å². The Kier molecular flexibility index (Phi) is 6.95. The quantitative estimate of drug-likeness (QED) is 0.462. The Hall–Kier alpha value is -3.63. The van der Waals surface area contributed by atoms with Crippen molar-refractivity contribution < 1.29 is 22.8 Å². The Morgan fingerprint density at radius 3 is 2.11 bits per heavy atom. The Morgan fingerprint density at radius 2 is 1.51 bits per heavy atom. The molecule has 1 saturated heterocycles. The predicted octanol–water partition coefficient (Wildman–Crippen LogP) is 4.18. The zero-order valence-electron chi connectivity index (χ0n) is 19.0. The van der Waals surface area contributed by atoms with Gasteiger partial charge in [-0.05, 0) is 67.6 Å². The number of thioether (sulfide) groups is 1. The van der Waals surface area contributed by atoms with Crippen molar-refractivity contribution in [3.05, 3.63) is 78.4 Å². The van der Waals surface area contributed by atoms with Gasteiger partial charge in [-0.15, -0.1) is 11.8 Å². The summed E-state index contributed by atoms with van der Waals surface area (Å²) in [7, 11) is -3.71. The maximum atomic E-state index is 12.9. The number of carbonyl (C=O) groups excluding carboxylic acids is 3. The van der Waals surface area contributed by atoms with Crippen molar-refractivity contribution in [1.29, 1.82) is 0 Å². The molecule has 1 heterocycles. The first-order valence-corrected chi connectivity index (χ1v) is 13.1. The molecule has 1 aliphatic heterocycles. The van der Waals surface area contributed by atoms with E-state index in [1.165, 1.54) is 18.7 Å². The highest BCUT2D eigenvalue weighted by Crippen LogP contribution is 2.35. The van der Waals surface area contributed by atoms with E-state index >= 15 is 0 Å². The van der Waals surface area contributed by atoms with Crippen LogP contribution in [0, 0.1) is 6.92 Å². The molecule has 0 spiro atoms. The van der Waals surface area contributed by atoms with Gasteiger partial charge in [-0.1, -0.05) is 17.7 Å². The van der Waals surface area contributed by atoms with E-state index in [9.17, 15) is 22.8 Å². The van der Waals surface area contributed by atoms with Gasteiger partial charge in [0, 0.05) is 29.6 Å². The highest BCUT2D eigenvalue weighted by molar-refractivity contribution is 8.00. The van der Waals surface area contributed by atoms with Gasteiger partial charge >= 0.3 is 0 Å². The van der Waals surface area contributed by atoms with Crippen molar-refractivity contribution in [2.45, 2.75) is 35.3 Å². The molecule has 3 aromatic carbocycles. The molecule has 1 aliphatic rings. The average Bonchev–Trinajstić information content (AvgIpc) is 3.08. The van der Waals surface area contributed by atoms with Crippen LogP contribution in [-0.4, -0.2) is 31.4 Å². The largest absolute Gasteiger partial charge is 0.326 e. The smallest absolute Gasteiger partial charge is 0.261 e. The van der Waals surface area contributed by atoms with Crippen LogP contribution in [-0.2, 0) is 24.4 Å². The van der Waals surface area contributed by atoms with Crippen LogP contribution >= 0.6 is 11.8 Å². The summed E-state index contributed by atoms with van der Waals surface area (Å²) in [4.78, 5) is 38.7.